The highest BCUT2D eigenvalue weighted by atomic mass is 35.5. The van der Waals surface area contributed by atoms with Crippen LogP contribution in [0.5, 0.6) is 0 Å². The van der Waals surface area contributed by atoms with Crippen molar-refractivity contribution in [1.82, 2.24) is 4.90 Å². The van der Waals surface area contributed by atoms with Gasteiger partial charge in [-0.1, -0.05) is 89.9 Å². The van der Waals surface area contributed by atoms with Gasteiger partial charge >= 0.3 is 0 Å². The van der Waals surface area contributed by atoms with E-state index in [1.54, 1.807) is 12.1 Å². The smallest absolute Gasteiger partial charge is 0.237 e. The highest BCUT2D eigenvalue weighted by Crippen LogP contribution is 2.41. The lowest BCUT2D eigenvalue weighted by molar-refractivity contribution is -0.151. The molecule has 0 bridgehead atoms. The summed E-state index contributed by atoms with van der Waals surface area (Å²) in [7, 11) is 0. The number of piperidine rings is 1. The van der Waals surface area contributed by atoms with Crippen LogP contribution in [-0.2, 0) is 16.1 Å². The van der Waals surface area contributed by atoms with E-state index >= 15 is 0 Å². The van der Waals surface area contributed by atoms with E-state index in [1.807, 2.05) is 66.7 Å². The minimum absolute atomic E-state index is 0.223. The van der Waals surface area contributed by atoms with Crippen LogP contribution in [0.2, 0.25) is 10.0 Å². The normalized spacial score (nSPS) is 19.4. The maximum Gasteiger partial charge on any atom is 0.237 e. The first-order valence-corrected chi connectivity index (χ1v) is 10.2. The molecule has 0 spiro atoms. The summed E-state index contributed by atoms with van der Waals surface area (Å²) in [6.07, 6.45) is 0.344. The Morgan fingerprint density at radius 2 is 1.14 bits per heavy atom. The Hall–Kier alpha value is -2.62. The number of hydrogen-bond donors (Lipinski definition) is 0. The molecule has 0 aromatic heterocycles. The van der Waals surface area contributed by atoms with Gasteiger partial charge in [-0.3, -0.25) is 14.5 Å². The van der Waals surface area contributed by atoms with Gasteiger partial charge in [-0.15, -0.1) is 0 Å². The molecule has 0 radical (unpaired) electrons. The first kappa shape index (κ1) is 19.7. The van der Waals surface area contributed by atoms with E-state index in [0.29, 0.717) is 16.5 Å². The Morgan fingerprint density at radius 3 is 1.62 bits per heavy atom. The molecule has 0 saturated carbocycles. The Balaban J connectivity index is 1.77. The first-order chi connectivity index (χ1) is 14.1. The number of rotatable bonds is 4. The van der Waals surface area contributed by atoms with Gasteiger partial charge in [0.05, 0.1) is 18.4 Å². The van der Waals surface area contributed by atoms with E-state index in [1.165, 1.54) is 4.90 Å². The van der Waals surface area contributed by atoms with E-state index in [9.17, 15) is 9.59 Å². The Morgan fingerprint density at radius 1 is 0.690 bits per heavy atom. The van der Waals surface area contributed by atoms with Gasteiger partial charge in [0, 0.05) is 10.0 Å². The number of likely N-dealkylation sites (tertiary alicyclic amines) is 1. The summed E-state index contributed by atoms with van der Waals surface area (Å²) < 4.78 is 0. The number of carbonyl (C=O) groups is 2. The van der Waals surface area contributed by atoms with Crippen molar-refractivity contribution < 1.29 is 9.59 Å². The van der Waals surface area contributed by atoms with Crippen LogP contribution < -0.4 is 0 Å². The summed E-state index contributed by atoms with van der Waals surface area (Å²) in [5.41, 5.74) is 2.37. The van der Waals surface area contributed by atoms with Gasteiger partial charge in [0.2, 0.25) is 11.8 Å². The zero-order valence-corrected chi connectivity index (χ0v) is 17.1. The van der Waals surface area contributed by atoms with Gasteiger partial charge < -0.3 is 0 Å². The highest BCUT2D eigenvalue weighted by molar-refractivity contribution is 6.32. The summed E-state index contributed by atoms with van der Waals surface area (Å²) in [5, 5.41) is 1.05. The van der Waals surface area contributed by atoms with Gasteiger partial charge in [-0.05, 0) is 35.2 Å². The van der Waals surface area contributed by atoms with Crippen LogP contribution in [-0.4, -0.2) is 16.7 Å². The fraction of sp³-hybridized carbons (Fsp3) is 0.167. The number of nitrogens with zero attached hydrogens (tertiary/aromatic N) is 1. The predicted molar refractivity (Wildman–Crippen MR) is 115 cm³/mol. The summed E-state index contributed by atoms with van der Waals surface area (Å²) in [6, 6.07) is 24.1. The lowest BCUT2D eigenvalue weighted by Crippen LogP contribution is -2.47. The maximum absolute atomic E-state index is 13.4. The Bertz CT molecular complexity index is 988. The van der Waals surface area contributed by atoms with Gasteiger partial charge in [-0.25, -0.2) is 0 Å². The molecule has 1 saturated heterocycles. The average molecular weight is 424 g/mol. The second-order valence-electron chi connectivity index (χ2n) is 7.13. The fourth-order valence-corrected chi connectivity index (χ4v) is 4.41. The van der Waals surface area contributed by atoms with Crippen molar-refractivity contribution >= 4 is 35.0 Å². The molecular formula is C24H19Cl2NO2. The predicted octanol–water partition coefficient (Wildman–Crippen LogP) is 5.82. The molecule has 1 heterocycles. The summed E-state index contributed by atoms with van der Waals surface area (Å²) in [4.78, 5) is 28.1. The SMILES string of the molecule is O=C1C(c2ccccc2Cl)CC(c2ccccc2Cl)C(=O)N1Cc1ccccc1. The largest absolute Gasteiger partial charge is 0.277 e. The van der Waals surface area contributed by atoms with Crippen LogP contribution in [0.4, 0.5) is 0 Å². The molecule has 2 atom stereocenters. The number of benzene rings is 3. The number of carbonyl (C=O) groups excluding carboxylic acids is 2. The number of amides is 2. The number of imide groups is 1. The zero-order chi connectivity index (χ0) is 20.4. The second-order valence-corrected chi connectivity index (χ2v) is 7.95. The third-order valence-corrected chi connectivity index (χ3v) is 6.03. The fourth-order valence-electron chi connectivity index (χ4n) is 3.88. The maximum atomic E-state index is 13.4. The molecule has 3 aromatic rings. The number of hydrogen-bond acceptors (Lipinski definition) is 2. The van der Waals surface area contributed by atoms with Crippen molar-refractivity contribution in [2.75, 3.05) is 0 Å². The molecule has 4 rings (SSSR count). The van der Waals surface area contributed by atoms with E-state index in [2.05, 4.69) is 0 Å². The lowest BCUT2D eigenvalue weighted by Gasteiger charge is -2.36. The molecule has 1 aliphatic rings. The molecule has 5 heteroatoms. The van der Waals surface area contributed by atoms with Crippen LogP contribution in [0.3, 0.4) is 0 Å². The van der Waals surface area contributed by atoms with Crippen LogP contribution in [0, 0.1) is 0 Å². The third kappa shape index (κ3) is 3.93. The van der Waals surface area contributed by atoms with Gasteiger partial charge in [-0.2, -0.15) is 0 Å². The quantitative estimate of drug-likeness (QED) is 0.495. The van der Waals surface area contributed by atoms with E-state index < -0.39 is 11.8 Å². The van der Waals surface area contributed by atoms with Crippen molar-refractivity contribution in [1.29, 1.82) is 0 Å². The first-order valence-electron chi connectivity index (χ1n) is 9.44. The van der Waals surface area contributed by atoms with E-state index in [4.69, 9.17) is 23.2 Å². The zero-order valence-electron chi connectivity index (χ0n) is 15.6. The van der Waals surface area contributed by atoms with Crippen molar-refractivity contribution in [3.8, 4) is 0 Å². The third-order valence-electron chi connectivity index (χ3n) is 5.34. The van der Waals surface area contributed by atoms with Crippen molar-refractivity contribution in [3.63, 3.8) is 0 Å². The molecule has 0 aliphatic carbocycles. The summed E-state index contributed by atoms with van der Waals surface area (Å²) in [5.74, 6) is -1.47. The van der Waals surface area contributed by atoms with Gasteiger partial charge in [0.25, 0.3) is 0 Å². The van der Waals surface area contributed by atoms with Crippen LogP contribution in [0.25, 0.3) is 0 Å². The van der Waals surface area contributed by atoms with Crippen LogP contribution in [0.15, 0.2) is 78.9 Å². The van der Waals surface area contributed by atoms with Crippen molar-refractivity contribution in [2.24, 2.45) is 0 Å². The Labute approximate surface area is 179 Å². The highest BCUT2D eigenvalue weighted by Gasteiger charge is 2.43. The second kappa shape index (κ2) is 8.40. The molecule has 146 valence electrons. The Kier molecular flexibility index (Phi) is 5.70. The molecule has 0 N–H and O–H groups in total. The molecule has 2 unspecified atom stereocenters. The van der Waals surface area contributed by atoms with Crippen LogP contribution in [0.1, 0.15) is 34.9 Å². The van der Waals surface area contributed by atoms with E-state index in [-0.39, 0.29) is 18.4 Å². The topological polar surface area (TPSA) is 37.4 Å². The minimum Gasteiger partial charge on any atom is -0.277 e. The average Bonchev–Trinajstić information content (AvgIpc) is 2.74. The standard InChI is InChI=1S/C24H19Cl2NO2/c25-21-12-6-4-10-17(21)19-14-20(18-11-5-7-13-22(18)26)24(29)27(23(19)28)15-16-8-2-1-3-9-16/h1-13,19-20H,14-15H2. The molecule has 3 aromatic carbocycles. The number of halogens is 2. The van der Waals surface area contributed by atoms with E-state index in [0.717, 1.165) is 16.7 Å². The molecule has 2 amide bonds. The summed E-state index contributed by atoms with van der Waals surface area (Å²) >= 11 is 12.8. The van der Waals surface area contributed by atoms with Crippen molar-refractivity contribution in [3.05, 3.63) is 106 Å². The minimum atomic E-state index is -0.508. The molecule has 3 nitrogen and oxygen atoms in total. The molecular weight excluding hydrogens is 405 g/mol. The lowest BCUT2D eigenvalue weighted by atomic mass is 9.80. The van der Waals surface area contributed by atoms with Gasteiger partial charge in [0.15, 0.2) is 0 Å². The van der Waals surface area contributed by atoms with Gasteiger partial charge in [0.1, 0.15) is 0 Å². The van der Waals surface area contributed by atoms with Crippen molar-refractivity contribution in [2.45, 2.75) is 24.8 Å². The monoisotopic (exact) mass is 423 g/mol. The summed E-state index contributed by atoms with van der Waals surface area (Å²) in [6.45, 7) is 0.223. The van der Waals surface area contributed by atoms with Crippen LogP contribution >= 0.6 is 23.2 Å². The molecule has 1 aliphatic heterocycles. The molecule has 29 heavy (non-hydrogen) atoms. The molecule has 1 fully saturated rings.